The number of nitrogens with two attached hydrogens (primary N) is 1. The first-order valence-electron chi connectivity index (χ1n) is 7.76. The molecule has 0 atom stereocenters. The van der Waals surface area contributed by atoms with Gasteiger partial charge in [0, 0.05) is 23.8 Å². The number of ether oxygens (including phenoxy) is 1. The third-order valence-corrected chi connectivity index (χ3v) is 4.70. The maximum absolute atomic E-state index is 12.5. The third kappa shape index (κ3) is 3.76. The normalized spacial score (nSPS) is 14.4. The van der Waals surface area contributed by atoms with Crippen molar-refractivity contribution < 1.29 is 4.74 Å². The zero-order chi connectivity index (χ0) is 18.0. The van der Waals surface area contributed by atoms with Gasteiger partial charge >= 0.3 is 0 Å². The highest BCUT2D eigenvalue weighted by atomic mass is 35.5. The molecule has 0 amide bonds. The molecule has 2 heterocycles. The minimum absolute atomic E-state index is 0.0856. The SMILES string of the molecule is Cc1c(Cl)cccc1NC(=S)c1c(N)nc(N2CCOCC2)[nH]c1=O. The molecule has 4 N–H and O–H groups in total. The quantitative estimate of drug-likeness (QED) is 0.701. The molecule has 1 fully saturated rings. The van der Waals surface area contributed by atoms with Crippen LogP contribution in [0.25, 0.3) is 0 Å². The number of aromatic nitrogens is 2. The Morgan fingerprint density at radius 1 is 1.44 bits per heavy atom. The number of nitrogen functional groups attached to an aromatic ring is 1. The first-order valence-corrected chi connectivity index (χ1v) is 8.55. The van der Waals surface area contributed by atoms with Crippen LogP contribution in [0.3, 0.4) is 0 Å². The van der Waals surface area contributed by atoms with E-state index in [0.29, 0.717) is 43.0 Å². The Morgan fingerprint density at radius 3 is 2.84 bits per heavy atom. The fourth-order valence-electron chi connectivity index (χ4n) is 2.55. The van der Waals surface area contributed by atoms with Gasteiger partial charge in [0.15, 0.2) is 0 Å². The van der Waals surface area contributed by atoms with Crippen LogP contribution in [-0.2, 0) is 4.74 Å². The zero-order valence-electron chi connectivity index (χ0n) is 13.6. The van der Waals surface area contributed by atoms with E-state index in [4.69, 9.17) is 34.3 Å². The van der Waals surface area contributed by atoms with Gasteiger partial charge < -0.3 is 20.7 Å². The van der Waals surface area contributed by atoms with Gasteiger partial charge in [-0.15, -0.1) is 0 Å². The number of thiocarbonyl (C=S) groups is 1. The first kappa shape index (κ1) is 17.7. The number of hydrogen-bond donors (Lipinski definition) is 3. The van der Waals surface area contributed by atoms with E-state index in [9.17, 15) is 4.79 Å². The fourth-order valence-corrected chi connectivity index (χ4v) is 3.03. The highest BCUT2D eigenvalue weighted by Crippen LogP contribution is 2.24. The topological polar surface area (TPSA) is 96.3 Å². The van der Waals surface area contributed by atoms with Gasteiger partial charge in [-0.3, -0.25) is 9.78 Å². The van der Waals surface area contributed by atoms with E-state index in [1.165, 1.54) is 0 Å². The van der Waals surface area contributed by atoms with Crippen molar-refractivity contribution in [3.8, 4) is 0 Å². The van der Waals surface area contributed by atoms with Crippen LogP contribution in [0.1, 0.15) is 11.1 Å². The molecule has 0 aliphatic carbocycles. The van der Waals surface area contributed by atoms with Crippen LogP contribution in [0.5, 0.6) is 0 Å². The summed E-state index contributed by atoms with van der Waals surface area (Å²) in [6.45, 7) is 4.32. The van der Waals surface area contributed by atoms with Crippen molar-refractivity contribution >= 4 is 46.3 Å². The molecule has 2 aromatic rings. The van der Waals surface area contributed by atoms with Gasteiger partial charge in [0.25, 0.3) is 5.56 Å². The molecule has 1 saturated heterocycles. The van der Waals surface area contributed by atoms with Crippen molar-refractivity contribution in [1.29, 1.82) is 0 Å². The predicted molar refractivity (Wildman–Crippen MR) is 104 cm³/mol. The number of benzene rings is 1. The van der Waals surface area contributed by atoms with Crippen molar-refractivity contribution in [1.82, 2.24) is 9.97 Å². The molecule has 0 saturated carbocycles. The van der Waals surface area contributed by atoms with Crippen LogP contribution < -0.4 is 21.5 Å². The average Bonchev–Trinajstić information content (AvgIpc) is 2.59. The minimum atomic E-state index is -0.383. The Kier molecular flexibility index (Phi) is 5.22. The first-order chi connectivity index (χ1) is 12.0. The van der Waals surface area contributed by atoms with Crippen molar-refractivity contribution in [2.24, 2.45) is 0 Å². The Bertz CT molecular complexity index is 864. The van der Waals surface area contributed by atoms with Gasteiger partial charge in [0.05, 0.1) is 13.2 Å². The van der Waals surface area contributed by atoms with E-state index in [1.807, 2.05) is 17.9 Å². The lowest BCUT2D eigenvalue weighted by molar-refractivity contribution is 0.122. The summed E-state index contributed by atoms with van der Waals surface area (Å²) in [5, 5.41) is 3.63. The highest BCUT2D eigenvalue weighted by molar-refractivity contribution is 7.81. The molecule has 3 rings (SSSR count). The van der Waals surface area contributed by atoms with Crippen molar-refractivity contribution in [3.05, 3.63) is 44.7 Å². The van der Waals surface area contributed by atoms with E-state index < -0.39 is 0 Å². The van der Waals surface area contributed by atoms with Gasteiger partial charge in [0.1, 0.15) is 16.4 Å². The molecule has 1 aromatic carbocycles. The number of halogens is 1. The van der Waals surface area contributed by atoms with Crippen LogP contribution in [0.15, 0.2) is 23.0 Å². The molecule has 9 heteroatoms. The average molecular weight is 380 g/mol. The number of aromatic amines is 1. The number of hydrogen-bond acceptors (Lipinski definition) is 6. The summed E-state index contributed by atoms with van der Waals surface area (Å²) in [6, 6.07) is 5.41. The summed E-state index contributed by atoms with van der Waals surface area (Å²) in [5.41, 5.74) is 7.32. The molecule has 132 valence electrons. The van der Waals surface area contributed by atoms with Crippen molar-refractivity contribution in [3.63, 3.8) is 0 Å². The summed E-state index contributed by atoms with van der Waals surface area (Å²) < 4.78 is 5.30. The molecule has 1 aromatic heterocycles. The van der Waals surface area contributed by atoms with Gasteiger partial charge in [-0.1, -0.05) is 29.9 Å². The Morgan fingerprint density at radius 2 is 2.16 bits per heavy atom. The number of nitrogens with zero attached hydrogens (tertiary/aromatic N) is 2. The van der Waals surface area contributed by atoms with Crippen molar-refractivity contribution in [2.45, 2.75) is 6.92 Å². The van der Waals surface area contributed by atoms with Crippen LogP contribution in [0.4, 0.5) is 17.5 Å². The Balaban J connectivity index is 1.88. The summed E-state index contributed by atoms with van der Waals surface area (Å²) in [5.74, 6) is 0.513. The largest absolute Gasteiger partial charge is 0.383 e. The summed E-state index contributed by atoms with van der Waals surface area (Å²) in [6.07, 6.45) is 0. The van der Waals surface area contributed by atoms with Crippen molar-refractivity contribution in [2.75, 3.05) is 42.3 Å². The number of nitrogens with one attached hydrogen (secondary N) is 2. The van der Waals surface area contributed by atoms with Gasteiger partial charge in [-0.2, -0.15) is 4.98 Å². The highest BCUT2D eigenvalue weighted by Gasteiger charge is 2.19. The lowest BCUT2D eigenvalue weighted by Gasteiger charge is -2.27. The summed E-state index contributed by atoms with van der Waals surface area (Å²) in [4.78, 5) is 21.7. The maximum Gasteiger partial charge on any atom is 0.264 e. The second-order valence-corrected chi connectivity index (χ2v) is 6.43. The molecule has 0 bridgehead atoms. The van der Waals surface area contributed by atoms with Crippen LogP contribution in [-0.4, -0.2) is 41.3 Å². The molecule has 1 aliphatic rings. The van der Waals surface area contributed by atoms with E-state index >= 15 is 0 Å². The monoisotopic (exact) mass is 379 g/mol. The van der Waals surface area contributed by atoms with Crippen LogP contribution >= 0.6 is 23.8 Å². The van der Waals surface area contributed by atoms with Gasteiger partial charge in [-0.05, 0) is 24.6 Å². The van der Waals surface area contributed by atoms with Gasteiger partial charge in [0.2, 0.25) is 5.95 Å². The van der Waals surface area contributed by atoms with E-state index in [0.717, 1.165) is 5.56 Å². The molecule has 0 unspecified atom stereocenters. The molecule has 7 nitrogen and oxygen atoms in total. The number of H-pyrrole nitrogens is 1. The Hall–Kier alpha value is -2.16. The minimum Gasteiger partial charge on any atom is -0.383 e. The number of morpholine rings is 1. The second-order valence-electron chi connectivity index (χ2n) is 5.62. The zero-order valence-corrected chi connectivity index (χ0v) is 15.2. The fraction of sp³-hybridized carbons (Fsp3) is 0.312. The molecule has 0 radical (unpaired) electrons. The smallest absolute Gasteiger partial charge is 0.264 e. The summed E-state index contributed by atoms with van der Waals surface area (Å²) >= 11 is 11.5. The second kappa shape index (κ2) is 7.38. The molecule has 0 spiro atoms. The van der Waals surface area contributed by atoms with Crippen LogP contribution in [0, 0.1) is 6.92 Å². The Labute approximate surface area is 155 Å². The molecule has 25 heavy (non-hydrogen) atoms. The van der Waals surface area contributed by atoms with E-state index in [2.05, 4.69) is 15.3 Å². The molecular weight excluding hydrogens is 362 g/mol. The van der Waals surface area contributed by atoms with E-state index in [1.54, 1.807) is 12.1 Å². The lowest BCUT2D eigenvalue weighted by Crippen LogP contribution is -2.39. The standard InChI is InChI=1S/C16H18ClN5O2S/c1-9-10(17)3-2-4-11(9)19-15(25)12-13(18)20-16(21-14(12)23)22-5-7-24-8-6-22/h2-4H,5-8H2,1H3,(H,19,25)(H3,18,20,21,23). The third-order valence-electron chi connectivity index (χ3n) is 3.99. The molecule has 1 aliphatic heterocycles. The number of anilines is 3. The van der Waals surface area contributed by atoms with Crippen LogP contribution in [0.2, 0.25) is 5.02 Å². The molecular formula is C16H18ClN5O2S. The summed E-state index contributed by atoms with van der Waals surface area (Å²) in [7, 11) is 0. The maximum atomic E-state index is 12.5. The van der Waals surface area contributed by atoms with E-state index in [-0.39, 0.29) is 21.9 Å². The van der Waals surface area contributed by atoms with Gasteiger partial charge in [-0.25, -0.2) is 0 Å². The predicted octanol–water partition coefficient (Wildman–Crippen LogP) is 1.94. The number of rotatable bonds is 3. The lowest BCUT2D eigenvalue weighted by atomic mass is 10.2.